The number of benzene rings is 1. The first-order valence-corrected chi connectivity index (χ1v) is 5.62. The highest BCUT2D eigenvalue weighted by molar-refractivity contribution is 5.98. The third kappa shape index (κ3) is 3.04. The Bertz CT molecular complexity index is 497. The summed E-state index contributed by atoms with van der Waals surface area (Å²) in [7, 11) is 0. The van der Waals surface area contributed by atoms with Crippen molar-refractivity contribution in [2.24, 2.45) is 0 Å². The van der Waals surface area contributed by atoms with Gasteiger partial charge in [-0.15, -0.1) is 0 Å². The van der Waals surface area contributed by atoms with Gasteiger partial charge < -0.3 is 10.2 Å². The van der Waals surface area contributed by atoms with Crippen molar-refractivity contribution in [3.63, 3.8) is 0 Å². The lowest BCUT2D eigenvalue weighted by Gasteiger charge is -2.20. The number of rotatable bonds is 1. The molecular weight excluding hydrogens is 261 g/mol. The van der Waals surface area contributed by atoms with E-state index in [0.29, 0.717) is 5.69 Å². The lowest BCUT2D eigenvalue weighted by atomic mass is 10.2. The van der Waals surface area contributed by atoms with Gasteiger partial charge >= 0.3 is 6.18 Å². The second-order valence-corrected chi connectivity index (χ2v) is 4.12. The quantitative estimate of drug-likeness (QED) is 0.843. The van der Waals surface area contributed by atoms with Gasteiger partial charge in [-0.05, 0) is 24.3 Å². The van der Waals surface area contributed by atoms with E-state index >= 15 is 0 Å². The average Bonchev–Trinajstić information content (AvgIpc) is 2.51. The first-order chi connectivity index (χ1) is 8.88. The minimum absolute atomic E-state index is 0.132. The molecule has 1 heterocycles. The molecule has 1 saturated heterocycles. The van der Waals surface area contributed by atoms with Crippen LogP contribution in [-0.4, -0.2) is 24.9 Å². The van der Waals surface area contributed by atoms with Gasteiger partial charge in [0.05, 0.1) is 12.1 Å². The molecule has 0 radical (unpaired) electrons. The second-order valence-electron chi connectivity index (χ2n) is 4.12. The first-order valence-electron chi connectivity index (χ1n) is 5.62. The predicted octanol–water partition coefficient (Wildman–Crippen LogP) is 1.56. The minimum Gasteiger partial charge on any atom is -0.347 e. The van der Waals surface area contributed by atoms with Crippen molar-refractivity contribution in [2.75, 3.05) is 18.0 Å². The summed E-state index contributed by atoms with van der Waals surface area (Å²) in [5.41, 5.74) is -0.415. The van der Waals surface area contributed by atoms with Gasteiger partial charge in [0.15, 0.2) is 0 Å². The van der Waals surface area contributed by atoms with Crippen LogP contribution in [0.1, 0.15) is 12.0 Å². The average molecular weight is 272 g/mol. The molecule has 2 rings (SSSR count). The topological polar surface area (TPSA) is 49.4 Å². The molecule has 0 saturated carbocycles. The number of carbonyl (C=O) groups is 2. The van der Waals surface area contributed by atoms with Crippen LogP contribution in [0.15, 0.2) is 24.3 Å². The summed E-state index contributed by atoms with van der Waals surface area (Å²) < 4.78 is 37.3. The molecule has 1 aliphatic rings. The highest BCUT2D eigenvalue weighted by Gasteiger charge is 2.30. The van der Waals surface area contributed by atoms with Crippen LogP contribution >= 0.6 is 0 Å². The molecule has 19 heavy (non-hydrogen) atoms. The maximum Gasteiger partial charge on any atom is 0.416 e. The zero-order valence-electron chi connectivity index (χ0n) is 9.83. The zero-order valence-corrected chi connectivity index (χ0v) is 9.83. The van der Waals surface area contributed by atoms with E-state index < -0.39 is 11.7 Å². The number of anilines is 1. The number of hydrogen-bond acceptors (Lipinski definition) is 2. The molecule has 0 bridgehead atoms. The van der Waals surface area contributed by atoms with Gasteiger partial charge in [0.2, 0.25) is 11.8 Å². The van der Waals surface area contributed by atoms with E-state index in [4.69, 9.17) is 0 Å². The fraction of sp³-hybridized carbons (Fsp3) is 0.333. The highest BCUT2D eigenvalue weighted by atomic mass is 19.4. The number of carbonyl (C=O) groups excluding carboxylic acids is 2. The fourth-order valence-electron chi connectivity index (χ4n) is 1.80. The monoisotopic (exact) mass is 272 g/mol. The van der Waals surface area contributed by atoms with Gasteiger partial charge in [-0.25, -0.2) is 0 Å². The van der Waals surface area contributed by atoms with Crippen LogP contribution in [-0.2, 0) is 15.8 Å². The number of nitrogens with zero attached hydrogens (tertiary/aromatic N) is 1. The molecule has 7 heteroatoms. The Balaban J connectivity index is 2.21. The Kier molecular flexibility index (Phi) is 3.46. The molecule has 1 N–H and O–H groups in total. The summed E-state index contributed by atoms with van der Waals surface area (Å²) in [6.07, 6.45) is -4.27. The SMILES string of the molecule is O=C1CCN(c2ccc(C(F)(F)F)cc2)C(=O)CN1. The lowest BCUT2D eigenvalue weighted by Crippen LogP contribution is -2.35. The van der Waals surface area contributed by atoms with Gasteiger partial charge in [-0.2, -0.15) is 13.2 Å². The van der Waals surface area contributed by atoms with E-state index in [-0.39, 0.29) is 31.3 Å². The molecule has 1 fully saturated rings. The highest BCUT2D eigenvalue weighted by Crippen LogP contribution is 2.30. The molecule has 0 aliphatic carbocycles. The van der Waals surface area contributed by atoms with Crippen LogP contribution in [0.2, 0.25) is 0 Å². The summed E-state index contributed by atoms with van der Waals surface area (Å²) in [5, 5.41) is 2.42. The molecule has 1 aliphatic heterocycles. The molecule has 4 nitrogen and oxygen atoms in total. The molecule has 0 spiro atoms. The van der Waals surface area contributed by atoms with Crippen LogP contribution in [0.25, 0.3) is 0 Å². The lowest BCUT2D eigenvalue weighted by molar-refractivity contribution is -0.137. The van der Waals surface area contributed by atoms with E-state index in [1.807, 2.05) is 0 Å². The molecule has 0 aromatic heterocycles. The maximum absolute atomic E-state index is 12.4. The van der Waals surface area contributed by atoms with E-state index in [9.17, 15) is 22.8 Å². The van der Waals surface area contributed by atoms with Crippen LogP contribution in [0.5, 0.6) is 0 Å². The third-order valence-corrected chi connectivity index (χ3v) is 2.81. The van der Waals surface area contributed by atoms with Crippen molar-refractivity contribution in [1.82, 2.24) is 5.32 Å². The smallest absolute Gasteiger partial charge is 0.347 e. The normalized spacial score (nSPS) is 17.1. The molecule has 2 amide bonds. The Labute approximate surface area is 107 Å². The van der Waals surface area contributed by atoms with Gasteiger partial charge in [0.25, 0.3) is 0 Å². The van der Waals surface area contributed by atoms with E-state index in [0.717, 1.165) is 12.1 Å². The fourth-order valence-corrected chi connectivity index (χ4v) is 1.80. The van der Waals surface area contributed by atoms with Gasteiger partial charge in [0, 0.05) is 18.7 Å². The number of nitrogens with one attached hydrogen (secondary N) is 1. The second kappa shape index (κ2) is 4.91. The van der Waals surface area contributed by atoms with Crippen molar-refractivity contribution in [2.45, 2.75) is 12.6 Å². The molecule has 0 unspecified atom stereocenters. The van der Waals surface area contributed by atoms with Crippen molar-refractivity contribution in [1.29, 1.82) is 0 Å². The first kappa shape index (κ1) is 13.4. The molecule has 1 aromatic carbocycles. The standard InChI is InChI=1S/C12H11F3N2O2/c13-12(14,15)8-1-3-9(4-2-8)17-6-5-10(18)16-7-11(17)19/h1-4H,5-7H2,(H,16,18). The zero-order chi connectivity index (χ0) is 14.0. The Hall–Kier alpha value is -2.05. The van der Waals surface area contributed by atoms with Crippen LogP contribution in [0.3, 0.4) is 0 Å². The van der Waals surface area contributed by atoms with Gasteiger partial charge in [-0.1, -0.05) is 0 Å². The molecular formula is C12H11F3N2O2. The number of amides is 2. The predicted molar refractivity (Wildman–Crippen MR) is 61.4 cm³/mol. The van der Waals surface area contributed by atoms with Crippen LogP contribution in [0.4, 0.5) is 18.9 Å². The summed E-state index contributed by atoms with van der Waals surface area (Å²) in [4.78, 5) is 24.2. The molecule has 0 atom stereocenters. The summed E-state index contributed by atoms with van der Waals surface area (Å²) in [6, 6.07) is 4.30. The van der Waals surface area contributed by atoms with Gasteiger partial charge in [0.1, 0.15) is 0 Å². The van der Waals surface area contributed by atoms with Crippen molar-refractivity contribution in [3.8, 4) is 0 Å². The number of halogens is 3. The van der Waals surface area contributed by atoms with E-state index in [1.165, 1.54) is 17.0 Å². The van der Waals surface area contributed by atoms with Crippen LogP contribution in [0, 0.1) is 0 Å². The summed E-state index contributed by atoms with van der Waals surface area (Å²) in [5.74, 6) is -0.589. The van der Waals surface area contributed by atoms with Crippen LogP contribution < -0.4 is 10.2 Å². The summed E-state index contributed by atoms with van der Waals surface area (Å²) in [6.45, 7) is 0.0237. The van der Waals surface area contributed by atoms with E-state index in [1.54, 1.807) is 0 Å². The summed E-state index contributed by atoms with van der Waals surface area (Å²) >= 11 is 0. The molecule has 102 valence electrons. The Morgan fingerprint density at radius 1 is 1.11 bits per heavy atom. The maximum atomic E-state index is 12.4. The Morgan fingerprint density at radius 3 is 2.32 bits per heavy atom. The minimum atomic E-state index is -4.40. The number of hydrogen-bond donors (Lipinski definition) is 1. The number of alkyl halides is 3. The van der Waals surface area contributed by atoms with Gasteiger partial charge in [-0.3, -0.25) is 9.59 Å². The van der Waals surface area contributed by atoms with Crippen molar-refractivity contribution >= 4 is 17.5 Å². The van der Waals surface area contributed by atoms with E-state index in [2.05, 4.69) is 5.32 Å². The largest absolute Gasteiger partial charge is 0.416 e. The van der Waals surface area contributed by atoms with Crippen molar-refractivity contribution in [3.05, 3.63) is 29.8 Å². The van der Waals surface area contributed by atoms with Crippen molar-refractivity contribution < 1.29 is 22.8 Å². The molecule has 1 aromatic rings. The Morgan fingerprint density at radius 2 is 1.74 bits per heavy atom. The third-order valence-electron chi connectivity index (χ3n) is 2.81.